The van der Waals surface area contributed by atoms with Crippen molar-refractivity contribution in [1.29, 1.82) is 0 Å². The lowest BCUT2D eigenvalue weighted by atomic mass is 10.00. The van der Waals surface area contributed by atoms with E-state index in [-0.39, 0.29) is 43.6 Å². The highest BCUT2D eigenvalue weighted by Gasteiger charge is 2.42. The molecule has 3 heterocycles. The fraction of sp³-hybridized carbons (Fsp3) is 0.529. The zero-order valence-corrected chi connectivity index (χ0v) is 29.4. The molecule has 1 aliphatic rings. The Kier molecular flexibility index (Phi) is 11.3. The zero-order chi connectivity index (χ0) is 35.4. The highest BCUT2D eigenvalue weighted by molar-refractivity contribution is 5.97. The molecular formula is C34H48N8O6. The summed E-state index contributed by atoms with van der Waals surface area (Å²) in [4.78, 5) is 79.8. The number of likely N-dealkylation sites (tertiary alicyclic amines) is 1. The number of likely N-dealkylation sites (N-methyl/N-ethyl adjacent to an activating group) is 5. The molecule has 0 aliphatic carbocycles. The average molecular weight is 665 g/mol. The van der Waals surface area contributed by atoms with Gasteiger partial charge < -0.3 is 38.4 Å². The number of hydrogen-bond acceptors (Lipinski definition) is 7. The van der Waals surface area contributed by atoms with Gasteiger partial charge in [-0.1, -0.05) is 18.2 Å². The third-order valence-corrected chi connectivity index (χ3v) is 9.40. The number of carbonyl (C=O) groups is 5. The molecule has 48 heavy (non-hydrogen) atoms. The van der Waals surface area contributed by atoms with Gasteiger partial charge in [0.05, 0.1) is 18.6 Å². The van der Waals surface area contributed by atoms with Crippen molar-refractivity contribution >= 4 is 40.4 Å². The molecule has 14 heteroatoms. The summed E-state index contributed by atoms with van der Waals surface area (Å²) >= 11 is 0. The monoisotopic (exact) mass is 664 g/mol. The molecule has 1 saturated heterocycles. The third kappa shape index (κ3) is 7.38. The Morgan fingerprint density at radius 1 is 0.875 bits per heavy atom. The van der Waals surface area contributed by atoms with E-state index in [0.717, 1.165) is 16.5 Å². The van der Waals surface area contributed by atoms with Crippen LogP contribution < -0.4 is 0 Å². The number of methoxy groups -OCH3 is 1. The largest absolute Gasteiger partial charge is 0.382 e. The zero-order valence-electron chi connectivity index (χ0n) is 29.4. The maximum atomic E-state index is 14.7. The molecule has 4 atom stereocenters. The number of aryl methyl sites for hydroxylation is 2. The molecule has 0 radical (unpaired) electrons. The molecule has 0 unspecified atom stereocenters. The van der Waals surface area contributed by atoms with E-state index in [0.29, 0.717) is 12.1 Å². The van der Waals surface area contributed by atoms with Gasteiger partial charge in [-0.2, -0.15) is 0 Å². The van der Waals surface area contributed by atoms with Crippen LogP contribution in [0.4, 0.5) is 0 Å². The summed E-state index contributed by atoms with van der Waals surface area (Å²) in [5.74, 6) is -1.75. The van der Waals surface area contributed by atoms with Crippen molar-refractivity contribution < 1.29 is 28.7 Å². The number of hydrogen-bond donors (Lipinski definition) is 0. The van der Waals surface area contributed by atoms with Crippen molar-refractivity contribution in [2.24, 2.45) is 14.1 Å². The first-order chi connectivity index (χ1) is 22.7. The van der Waals surface area contributed by atoms with Gasteiger partial charge >= 0.3 is 0 Å². The van der Waals surface area contributed by atoms with Gasteiger partial charge in [-0.3, -0.25) is 24.0 Å². The molecule has 0 N–H and O–H groups in total. The number of amides is 5. The summed E-state index contributed by atoms with van der Waals surface area (Å²) < 4.78 is 9.06. The van der Waals surface area contributed by atoms with Crippen molar-refractivity contribution in [3.05, 3.63) is 54.2 Å². The lowest BCUT2D eigenvalue weighted by Gasteiger charge is -2.38. The van der Waals surface area contributed by atoms with E-state index < -0.39 is 36.0 Å². The van der Waals surface area contributed by atoms with Crippen LogP contribution in [-0.2, 0) is 55.6 Å². The number of imidazole rings is 1. The summed E-state index contributed by atoms with van der Waals surface area (Å²) in [6.45, 7) is -0.0366. The smallest absolute Gasteiger partial charge is 0.247 e. The maximum absolute atomic E-state index is 14.7. The van der Waals surface area contributed by atoms with Crippen LogP contribution in [0, 0.1) is 0 Å². The molecule has 1 fully saturated rings. The van der Waals surface area contributed by atoms with Crippen LogP contribution >= 0.6 is 0 Å². The van der Waals surface area contributed by atoms with Gasteiger partial charge in [-0.05, 0) is 18.1 Å². The highest BCUT2D eigenvalue weighted by Crippen LogP contribution is 2.25. The standard InChI is InChI=1S/C34H48N8O6/c1-36(2)31(44)29(20-48-9)42(8)33(46)27(16-22-18-38(4)25-13-11-10-12-24(22)25)40(6)34(47)28(17-23-19-37(3)21-35-23)41(7)32(45)26-14-15-30(43)39(26)5/h10-13,18-19,21,26-29H,14-17,20H2,1-9H3/t26-,27-,28-,29-/m0/s1. The van der Waals surface area contributed by atoms with Crippen molar-refractivity contribution in [2.45, 2.75) is 49.9 Å². The van der Waals surface area contributed by atoms with Gasteiger partial charge in [0, 0.05) is 106 Å². The normalized spacial score (nSPS) is 16.5. The molecule has 1 aromatic carbocycles. The van der Waals surface area contributed by atoms with Crippen LogP contribution in [0.2, 0.25) is 0 Å². The van der Waals surface area contributed by atoms with Crippen LogP contribution in [0.1, 0.15) is 24.1 Å². The second-order valence-electron chi connectivity index (χ2n) is 12.9. The van der Waals surface area contributed by atoms with Crippen LogP contribution in [0.3, 0.4) is 0 Å². The third-order valence-electron chi connectivity index (χ3n) is 9.40. The lowest BCUT2D eigenvalue weighted by Crippen LogP contribution is -2.60. The molecule has 3 aromatic rings. The van der Waals surface area contributed by atoms with Crippen molar-refractivity contribution in [1.82, 2.24) is 38.6 Å². The topological polar surface area (TPSA) is 134 Å². The van der Waals surface area contributed by atoms with Crippen LogP contribution in [0.5, 0.6) is 0 Å². The second-order valence-corrected chi connectivity index (χ2v) is 12.9. The number of benzene rings is 1. The molecule has 1 aliphatic heterocycles. The van der Waals surface area contributed by atoms with Crippen LogP contribution in [0.15, 0.2) is 43.0 Å². The first-order valence-electron chi connectivity index (χ1n) is 15.9. The van der Waals surface area contributed by atoms with E-state index in [1.165, 1.54) is 38.7 Å². The maximum Gasteiger partial charge on any atom is 0.247 e. The first kappa shape index (κ1) is 36.1. The van der Waals surface area contributed by atoms with E-state index in [4.69, 9.17) is 4.74 Å². The summed E-state index contributed by atoms with van der Waals surface area (Å²) in [5.41, 5.74) is 2.40. The highest BCUT2D eigenvalue weighted by atomic mass is 16.5. The summed E-state index contributed by atoms with van der Waals surface area (Å²) in [6.07, 6.45) is 6.18. The van der Waals surface area contributed by atoms with Crippen molar-refractivity contribution in [2.75, 3.05) is 56.0 Å². The quantitative estimate of drug-likeness (QED) is 0.261. The Bertz CT molecular complexity index is 1660. The van der Waals surface area contributed by atoms with Crippen LogP contribution in [-0.4, -0.2) is 148 Å². The molecule has 0 saturated carbocycles. The molecule has 260 valence electrons. The fourth-order valence-electron chi connectivity index (χ4n) is 6.41. The minimum absolute atomic E-state index is 0.0366. The van der Waals surface area contributed by atoms with Crippen molar-refractivity contribution in [3.63, 3.8) is 0 Å². The number of carbonyl (C=O) groups excluding carboxylic acids is 5. The van der Waals surface area contributed by atoms with Crippen LogP contribution in [0.25, 0.3) is 10.9 Å². The first-order valence-corrected chi connectivity index (χ1v) is 15.9. The predicted octanol–water partition coefficient (Wildman–Crippen LogP) is 0.533. The van der Waals surface area contributed by atoms with Gasteiger partial charge in [0.25, 0.3) is 0 Å². The van der Waals surface area contributed by atoms with E-state index in [2.05, 4.69) is 4.98 Å². The Morgan fingerprint density at radius 3 is 2.06 bits per heavy atom. The summed E-state index contributed by atoms with van der Waals surface area (Å²) in [7, 11) is 14.6. The van der Waals surface area contributed by atoms with Gasteiger partial charge in [0.15, 0.2) is 0 Å². The Balaban J connectivity index is 1.75. The number of fused-ring (bicyclic) bond motifs is 1. The van der Waals surface area contributed by atoms with Gasteiger partial charge in [0.2, 0.25) is 29.5 Å². The summed E-state index contributed by atoms with van der Waals surface area (Å²) in [6, 6.07) is 4.10. The molecule has 5 amide bonds. The van der Waals surface area contributed by atoms with E-state index in [1.807, 2.05) is 49.1 Å². The molecular weight excluding hydrogens is 616 g/mol. The predicted molar refractivity (Wildman–Crippen MR) is 180 cm³/mol. The van der Waals surface area contributed by atoms with Gasteiger partial charge in [-0.25, -0.2) is 4.98 Å². The Labute approximate surface area is 281 Å². The molecule has 2 aromatic heterocycles. The molecule has 14 nitrogen and oxygen atoms in total. The van der Waals surface area contributed by atoms with E-state index in [9.17, 15) is 24.0 Å². The van der Waals surface area contributed by atoms with Gasteiger partial charge in [-0.15, -0.1) is 0 Å². The van der Waals surface area contributed by atoms with Gasteiger partial charge in [0.1, 0.15) is 24.2 Å². The second kappa shape index (κ2) is 15.0. The average Bonchev–Trinajstić information content (AvgIpc) is 3.74. The molecule has 0 spiro atoms. The number of para-hydroxylation sites is 1. The van der Waals surface area contributed by atoms with E-state index >= 15 is 0 Å². The number of ether oxygens (including phenoxy) is 1. The SMILES string of the molecule is COC[C@@H](C(=O)N(C)C)N(C)C(=O)[C@H](Cc1cn(C)c2ccccc12)N(C)C(=O)[C@H](Cc1cn(C)cn1)N(C)C(=O)[C@@H]1CCC(=O)N1C. The number of nitrogens with zero attached hydrogens (tertiary/aromatic N) is 8. The minimum Gasteiger partial charge on any atom is -0.382 e. The van der Waals surface area contributed by atoms with Crippen molar-refractivity contribution in [3.8, 4) is 0 Å². The lowest BCUT2D eigenvalue weighted by molar-refractivity contribution is -0.154. The number of aromatic nitrogens is 3. The Hall–Kier alpha value is -4.72. The minimum atomic E-state index is -1.05. The Morgan fingerprint density at radius 2 is 1.50 bits per heavy atom. The fourth-order valence-corrected chi connectivity index (χ4v) is 6.41. The van der Waals surface area contributed by atoms with E-state index in [1.54, 1.807) is 52.3 Å². The summed E-state index contributed by atoms with van der Waals surface area (Å²) in [5, 5.41) is 0.936. The number of rotatable bonds is 13. The molecule has 4 rings (SSSR count). The molecule has 0 bridgehead atoms.